The molecule has 1 fully saturated rings. The molecule has 1 aliphatic rings. The molecule has 2 aromatic rings. The highest BCUT2D eigenvalue weighted by Crippen LogP contribution is 2.20. The molecule has 1 saturated heterocycles. The fourth-order valence-electron chi connectivity index (χ4n) is 3.50. The Morgan fingerprint density at radius 2 is 2.04 bits per heavy atom. The van der Waals surface area contributed by atoms with Gasteiger partial charge in [0.25, 0.3) is 0 Å². The summed E-state index contributed by atoms with van der Waals surface area (Å²) < 4.78 is 2.04. The molecular weight excluding hydrogens is 296 g/mol. The monoisotopic (exact) mass is 326 g/mol. The highest BCUT2D eigenvalue weighted by Gasteiger charge is 2.21. The zero-order valence-electron chi connectivity index (χ0n) is 15.5. The Balaban J connectivity index is 1.61. The fraction of sp³-hybridized carbons (Fsp3) is 0.550. The topological polar surface area (TPSA) is 33.1 Å². The van der Waals surface area contributed by atoms with Gasteiger partial charge in [-0.25, -0.2) is 0 Å². The van der Waals surface area contributed by atoms with Crippen LogP contribution >= 0.6 is 0 Å². The number of piperidine rings is 1. The Labute approximate surface area is 145 Å². The molecule has 2 heterocycles. The van der Waals surface area contributed by atoms with Gasteiger partial charge in [-0.05, 0) is 70.3 Å². The molecule has 130 valence electrons. The van der Waals surface area contributed by atoms with Gasteiger partial charge in [-0.3, -0.25) is 9.58 Å². The Morgan fingerprint density at radius 3 is 2.75 bits per heavy atom. The standard InChI is InChI=1S/C20H30N4/c1-5-24-13-18(17(4)22-24)12-23-10-6-7-20(14-23)21-19-9-8-15(2)16(3)11-19/h8-9,11,13,20-21H,5-7,10,12,14H2,1-4H3/t20-/m1/s1. The fourth-order valence-corrected chi connectivity index (χ4v) is 3.50. The number of rotatable bonds is 5. The van der Waals surface area contributed by atoms with Crippen molar-refractivity contribution in [1.82, 2.24) is 14.7 Å². The molecule has 0 spiro atoms. The summed E-state index contributed by atoms with van der Waals surface area (Å²) in [7, 11) is 0. The molecule has 0 bridgehead atoms. The lowest BCUT2D eigenvalue weighted by Crippen LogP contribution is -2.41. The molecule has 0 aliphatic carbocycles. The minimum atomic E-state index is 0.530. The lowest BCUT2D eigenvalue weighted by molar-refractivity contribution is 0.208. The van der Waals surface area contributed by atoms with Crippen LogP contribution in [0.25, 0.3) is 0 Å². The summed E-state index contributed by atoms with van der Waals surface area (Å²) in [6.07, 6.45) is 4.70. The van der Waals surface area contributed by atoms with Gasteiger partial charge in [-0.2, -0.15) is 5.10 Å². The maximum atomic E-state index is 4.57. The van der Waals surface area contributed by atoms with E-state index in [0.717, 1.165) is 19.6 Å². The van der Waals surface area contributed by atoms with E-state index in [0.29, 0.717) is 6.04 Å². The van der Waals surface area contributed by atoms with Crippen LogP contribution in [-0.2, 0) is 13.1 Å². The van der Waals surface area contributed by atoms with E-state index in [1.165, 1.54) is 47.5 Å². The lowest BCUT2D eigenvalue weighted by atomic mass is 10.0. The number of likely N-dealkylation sites (tertiary alicyclic amines) is 1. The van der Waals surface area contributed by atoms with Crippen LogP contribution in [-0.4, -0.2) is 33.8 Å². The number of aryl methyl sites for hydroxylation is 4. The Morgan fingerprint density at radius 1 is 1.21 bits per heavy atom. The smallest absolute Gasteiger partial charge is 0.0638 e. The molecule has 3 rings (SSSR count). The summed E-state index contributed by atoms with van der Waals surface area (Å²) in [5, 5.41) is 8.31. The van der Waals surface area contributed by atoms with Crippen LogP contribution in [0.3, 0.4) is 0 Å². The van der Waals surface area contributed by atoms with Gasteiger partial charge >= 0.3 is 0 Å². The van der Waals surface area contributed by atoms with Gasteiger partial charge in [0, 0.05) is 43.1 Å². The minimum Gasteiger partial charge on any atom is -0.381 e. The molecule has 0 saturated carbocycles. The molecule has 0 amide bonds. The summed E-state index contributed by atoms with van der Waals surface area (Å²) in [4.78, 5) is 2.56. The van der Waals surface area contributed by atoms with Gasteiger partial charge in [0.1, 0.15) is 0 Å². The van der Waals surface area contributed by atoms with Crippen molar-refractivity contribution in [1.29, 1.82) is 0 Å². The number of aromatic nitrogens is 2. The average Bonchev–Trinajstić information content (AvgIpc) is 2.91. The SMILES string of the molecule is CCn1cc(CN2CCC[C@@H](Nc3ccc(C)c(C)c3)C2)c(C)n1. The van der Waals surface area contributed by atoms with Gasteiger partial charge in [0.05, 0.1) is 5.69 Å². The van der Waals surface area contributed by atoms with E-state index in [1.54, 1.807) is 0 Å². The average molecular weight is 326 g/mol. The van der Waals surface area contributed by atoms with Crippen molar-refractivity contribution in [3.63, 3.8) is 0 Å². The van der Waals surface area contributed by atoms with E-state index in [-0.39, 0.29) is 0 Å². The molecule has 4 heteroatoms. The zero-order valence-corrected chi connectivity index (χ0v) is 15.5. The molecule has 0 radical (unpaired) electrons. The van der Waals surface area contributed by atoms with Crippen molar-refractivity contribution >= 4 is 5.69 Å². The number of hydrogen-bond donors (Lipinski definition) is 1. The molecular formula is C20H30N4. The van der Waals surface area contributed by atoms with E-state index in [1.807, 2.05) is 4.68 Å². The Kier molecular flexibility index (Phi) is 5.24. The van der Waals surface area contributed by atoms with Crippen molar-refractivity contribution in [2.75, 3.05) is 18.4 Å². The van der Waals surface area contributed by atoms with Crippen LogP contribution < -0.4 is 5.32 Å². The summed E-state index contributed by atoms with van der Waals surface area (Å²) in [6, 6.07) is 7.21. The van der Waals surface area contributed by atoms with E-state index in [9.17, 15) is 0 Å². The predicted molar refractivity (Wildman–Crippen MR) is 100 cm³/mol. The normalized spacial score (nSPS) is 18.8. The van der Waals surface area contributed by atoms with E-state index >= 15 is 0 Å². The number of anilines is 1. The maximum absolute atomic E-state index is 4.57. The van der Waals surface area contributed by atoms with Crippen LogP contribution in [0, 0.1) is 20.8 Å². The highest BCUT2D eigenvalue weighted by atomic mass is 15.3. The van der Waals surface area contributed by atoms with Crippen LogP contribution in [0.2, 0.25) is 0 Å². The van der Waals surface area contributed by atoms with Gasteiger partial charge in [-0.1, -0.05) is 6.07 Å². The van der Waals surface area contributed by atoms with Crippen LogP contribution in [0.15, 0.2) is 24.4 Å². The van der Waals surface area contributed by atoms with E-state index in [4.69, 9.17) is 0 Å². The lowest BCUT2D eigenvalue weighted by Gasteiger charge is -2.33. The second-order valence-corrected chi connectivity index (χ2v) is 7.11. The molecule has 1 atom stereocenters. The molecule has 1 aliphatic heterocycles. The van der Waals surface area contributed by atoms with E-state index < -0.39 is 0 Å². The van der Waals surface area contributed by atoms with Crippen molar-refractivity contribution in [2.45, 2.75) is 59.7 Å². The second-order valence-electron chi connectivity index (χ2n) is 7.11. The maximum Gasteiger partial charge on any atom is 0.0638 e. The number of benzene rings is 1. The summed E-state index contributed by atoms with van der Waals surface area (Å²) >= 11 is 0. The van der Waals surface area contributed by atoms with E-state index in [2.05, 4.69) is 67.4 Å². The molecule has 0 unspecified atom stereocenters. The van der Waals surface area contributed by atoms with Crippen LogP contribution in [0.5, 0.6) is 0 Å². The third-order valence-electron chi connectivity index (χ3n) is 5.15. The largest absolute Gasteiger partial charge is 0.381 e. The highest BCUT2D eigenvalue weighted by molar-refractivity contribution is 5.48. The quantitative estimate of drug-likeness (QED) is 0.904. The first-order valence-electron chi connectivity index (χ1n) is 9.14. The zero-order chi connectivity index (χ0) is 17.1. The molecule has 24 heavy (non-hydrogen) atoms. The third kappa shape index (κ3) is 3.99. The first-order chi connectivity index (χ1) is 11.5. The number of hydrogen-bond acceptors (Lipinski definition) is 3. The number of nitrogens with one attached hydrogen (secondary N) is 1. The second kappa shape index (κ2) is 7.39. The molecule has 1 N–H and O–H groups in total. The Bertz CT molecular complexity index is 689. The molecule has 1 aromatic heterocycles. The van der Waals surface area contributed by atoms with Gasteiger partial charge < -0.3 is 5.32 Å². The van der Waals surface area contributed by atoms with Crippen molar-refractivity contribution in [3.05, 3.63) is 46.8 Å². The first kappa shape index (κ1) is 17.0. The van der Waals surface area contributed by atoms with Crippen LogP contribution in [0.1, 0.15) is 42.1 Å². The number of nitrogens with zero attached hydrogens (tertiary/aromatic N) is 3. The predicted octanol–water partition coefficient (Wildman–Crippen LogP) is 3.90. The summed E-state index contributed by atoms with van der Waals surface area (Å²) in [5.41, 5.74) is 6.49. The molecule has 4 nitrogen and oxygen atoms in total. The Hall–Kier alpha value is -1.81. The summed E-state index contributed by atoms with van der Waals surface area (Å²) in [5.74, 6) is 0. The van der Waals surface area contributed by atoms with Gasteiger partial charge in [0.15, 0.2) is 0 Å². The minimum absolute atomic E-state index is 0.530. The van der Waals surface area contributed by atoms with Crippen molar-refractivity contribution in [3.8, 4) is 0 Å². The summed E-state index contributed by atoms with van der Waals surface area (Å²) in [6.45, 7) is 12.8. The first-order valence-corrected chi connectivity index (χ1v) is 9.14. The van der Waals surface area contributed by atoms with Gasteiger partial charge in [-0.15, -0.1) is 0 Å². The van der Waals surface area contributed by atoms with Crippen LogP contribution in [0.4, 0.5) is 5.69 Å². The van der Waals surface area contributed by atoms with Crippen molar-refractivity contribution in [2.24, 2.45) is 0 Å². The van der Waals surface area contributed by atoms with Crippen molar-refractivity contribution < 1.29 is 0 Å². The molecule has 1 aromatic carbocycles. The third-order valence-corrected chi connectivity index (χ3v) is 5.15. The van der Waals surface area contributed by atoms with Gasteiger partial charge in [0.2, 0.25) is 0 Å².